The third-order valence-corrected chi connectivity index (χ3v) is 2.68. The quantitative estimate of drug-likeness (QED) is 0.844. The summed E-state index contributed by atoms with van der Waals surface area (Å²) < 4.78 is 14.6. The average Bonchev–Trinajstić information content (AvgIpc) is 2.54. The van der Waals surface area contributed by atoms with Gasteiger partial charge in [-0.2, -0.15) is 0 Å². The molecule has 4 nitrogen and oxygen atoms in total. The summed E-state index contributed by atoms with van der Waals surface area (Å²) in [7, 11) is 1.72. The first-order chi connectivity index (χ1) is 7.50. The van der Waals surface area contributed by atoms with Gasteiger partial charge in [-0.25, -0.2) is 9.37 Å². The molecule has 0 aliphatic rings. The Kier molecular flexibility index (Phi) is 2.38. The molecule has 0 aliphatic heterocycles. The van der Waals surface area contributed by atoms with Crippen LogP contribution in [0.25, 0.3) is 11.0 Å². The second-order valence-corrected chi connectivity index (χ2v) is 3.75. The van der Waals surface area contributed by atoms with Crippen molar-refractivity contribution in [3.63, 3.8) is 0 Å². The van der Waals surface area contributed by atoms with Gasteiger partial charge in [-0.15, -0.1) is 0 Å². The molecule has 0 saturated carbocycles. The van der Waals surface area contributed by atoms with E-state index in [1.165, 1.54) is 6.07 Å². The molecule has 0 radical (unpaired) electrons. The van der Waals surface area contributed by atoms with E-state index in [-0.39, 0.29) is 0 Å². The summed E-state index contributed by atoms with van der Waals surface area (Å²) in [5, 5.41) is 9.55. The molecule has 2 heterocycles. The van der Waals surface area contributed by atoms with Crippen molar-refractivity contribution in [2.45, 2.75) is 12.8 Å². The van der Waals surface area contributed by atoms with Crippen LogP contribution >= 0.6 is 0 Å². The minimum absolute atomic E-state index is 0.423. The Hall–Kier alpha value is -1.91. The van der Waals surface area contributed by atoms with E-state index in [0.717, 1.165) is 6.20 Å². The van der Waals surface area contributed by atoms with Gasteiger partial charge in [0.15, 0.2) is 0 Å². The predicted molar refractivity (Wildman–Crippen MR) is 56.7 cm³/mol. The van der Waals surface area contributed by atoms with Crippen molar-refractivity contribution in [2.24, 2.45) is 7.05 Å². The molecule has 84 valence electrons. The molecular formula is C11H11FN2O2. The number of carboxylic acids is 1. The molecular weight excluding hydrogens is 211 g/mol. The van der Waals surface area contributed by atoms with Crippen molar-refractivity contribution in [3.05, 3.63) is 29.8 Å². The first-order valence-electron chi connectivity index (χ1n) is 4.84. The van der Waals surface area contributed by atoms with Gasteiger partial charge in [-0.05, 0) is 19.1 Å². The highest BCUT2D eigenvalue weighted by molar-refractivity contribution is 5.82. The molecule has 0 amide bonds. The highest BCUT2D eigenvalue weighted by atomic mass is 19.1. The van der Waals surface area contributed by atoms with Gasteiger partial charge in [0.25, 0.3) is 0 Å². The average molecular weight is 222 g/mol. The molecule has 16 heavy (non-hydrogen) atoms. The number of aromatic nitrogens is 2. The summed E-state index contributed by atoms with van der Waals surface area (Å²) >= 11 is 0. The van der Waals surface area contributed by atoms with Gasteiger partial charge in [0.05, 0.1) is 12.1 Å². The molecule has 2 aromatic rings. The Morgan fingerprint density at radius 3 is 2.88 bits per heavy atom. The van der Waals surface area contributed by atoms with E-state index < -0.39 is 17.7 Å². The Morgan fingerprint density at radius 2 is 2.25 bits per heavy atom. The minimum atomic E-state index is -0.911. The van der Waals surface area contributed by atoms with E-state index in [2.05, 4.69) is 4.98 Å². The molecule has 0 fully saturated rings. The zero-order chi connectivity index (χ0) is 11.9. The van der Waals surface area contributed by atoms with Crippen molar-refractivity contribution in [2.75, 3.05) is 0 Å². The molecule has 1 N–H and O–H groups in total. The zero-order valence-corrected chi connectivity index (χ0v) is 8.94. The molecule has 0 bridgehead atoms. The van der Waals surface area contributed by atoms with Gasteiger partial charge in [0.2, 0.25) is 0 Å². The number of pyridine rings is 1. The lowest BCUT2D eigenvalue weighted by Crippen LogP contribution is -2.11. The van der Waals surface area contributed by atoms with Gasteiger partial charge < -0.3 is 9.67 Å². The Morgan fingerprint density at radius 1 is 1.56 bits per heavy atom. The number of hydrogen-bond acceptors (Lipinski definition) is 2. The highest BCUT2D eigenvalue weighted by Gasteiger charge is 2.19. The number of rotatable bonds is 2. The molecule has 5 heteroatoms. The summed E-state index contributed by atoms with van der Waals surface area (Å²) in [4.78, 5) is 14.8. The van der Waals surface area contributed by atoms with Crippen LogP contribution in [0.4, 0.5) is 4.39 Å². The van der Waals surface area contributed by atoms with Crippen LogP contribution < -0.4 is 0 Å². The summed E-state index contributed by atoms with van der Waals surface area (Å²) in [6.07, 6.45) is 1.12. The van der Waals surface area contributed by atoms with E-state index in [1.807, 2.05) is 0 Å². The second kappa shape index (κ2) is 3.59. The number of fused-ring (bicyclic) bond motifs is 1. The van der Waals surface area contributed by atoms with Crippen LogP contribution in [0.15, 0.2) is 18.3 Å². The Balaban J connectivity index is 2.64. The largest absolute Gasteiger partial charge is 0.481 e. The van der Waals surface area contributed by atoms with E-state index in [4.69, 9.17) is 5.11 Å². The lowest BCUT2D eigenvalue weighted by atomic mass is 10.1. The molecule has 1 unspecified atom stereocenters. The lowest BCUT2D eigenvalue weighted by Gasteiger charge is -2.07. The van der Waals surface area contributed by atoms with Crippen LogP contribution in [-0.2, 0) is 11.8 Å². The van der Waals surface area contributed by atoms with Crippen LogP contribution in [0.5, 0.6) is 0 Å². The number of aliphatic carboxylic acids is 1. The van der Waals surface area contributed by atoms with Crippen LogP contribution in [0, 0.1) is 5.82 Å². The van der Waals surface area contributed by atoms with E-state index in [0.29, 0.717) is 16.7 Å². The summed E-state index contributed by atoms with van der Waals surface area (Å²) in [6.45, 7) is 1.59. The fourth-order valence-corrected chi connectivity index (χ4v) is 1.75. The number of nitrogens with zero attached hydrogens (tertiary/aromatic N) is 2. The van der Waals surface area contributed by atoms with Crippen molar-refractivity contribution in [3.8, 4) is 0 Å². The predicted octanol–water partition coefficient (Wildman–Crippen LogP) is 1.90. The standard InChI is InChI=1S/C11H11FN2O2/c1-6(11(15)16)9-4-7-3-8(12)5-13-10(7)14(9)2/h3-6H,1-2H3,(H,15,16). The van der Waals surface area contributed by atoms with Crippen molar-refractivity contribution >= 4 is 17.0 Å². The van der Waals surface area contributed by atoms with Gasteiger partial charge in [0, 0.05) is 18.1 Å². The SMILES string of the molecule is CC(C(=O)O)c1cc2cc(F)cnc2n1C. The van der Waals surface area contributed by atoms with E-state index in [1.54, 1.807) is 24.6 Å². The molecule has 1 atom stereocenters. The van der Waals surface area contributed by atoms with Crippen LogP contribution in [0.2, 0.25) is 0 Å². The smallest absolute Gasteiger partial charge is 0.312 e. The molecule has 0 saturated heterocycles. The maximum absolute atomic E-state index is 12.9. The third-order valence-electron chi connectivity index (χ3n) is 2.68. The Bertz CT molecular complexity index is 562. The van der Waals surface area contributed by atoms with E-state index >= 15 is 0 Å². The number of aryl methyl sites for hydroxylation is 1. The van der Waals surface area contributed by atoms with E-state index in [9.17, 15) is 9.18 Å². The first-order valence-corrected chi connectivity index (χ1v) is 4.84. The fraction of sp³-hybridized carbons (Fsp3) is 0.273. The molecule has 0 aliphatic carbocycles. The summed E-state index contributed by atoms with van der Waals surface area (Å²) in [5.41, 5.74) is 1.20. The highest BCUT2D eigenvalue weighted by Crippen LogP contribution is 2.23. The van der Waals surface area contributed by atoms with Crippen molar-refractivity contribution in [1.82, 2.24) is 9.55 Å². The summed E-state index contributed by atoms with van der Waals surface area (Å²) in [6, 6.07) is 3.00. The number of halogens is 1. The number of carbonyl (C=O) groups is 1. The fourth-order valence-electron chi connectivity index (χ4n) is 1.75. The third kappa shape index (κ3) is 1.54. The lowest BCUT2D eigenvalue weighted by molar-refractivity contribution is -0.138. The summed E-state index contributed by atoms with van der Waals surface area (Å²) in [5.74, 6) is -1.97. The Labute approximate surface area is 91.3 Å². The van der Waals surface area contributed by atoms with Crippen LogP contribution in [-0.4, -0.2) is 20.6 Å². The van der Waals surface area contributed by atoms with Crippen LogP contribution in [0.3, 0.4) is 0 Å². The van der Waals surface area contributed by atoms with Crippen LogP contribution in [0.1, 0.15) is 18.5 Å². The molecule has 2 rings (SSSR count). The first kappa shape index (κ1) is 10.6. The van der Waals surface area contributed by atoms with Gasteiger partial charge in [-0.1, -0.05) is 0 Å². The monoisotopic (exact) mass is 222 g/mol. The van der Waals surface area contributed by atoms with Gasteiger partial charge >= 0.3 is 5.97 Å². The van der Waals surface area contributed by atoms with Crippen molar-refractivity contribution < 1.29 is 14.3 Å². The maximum atomic E-state index is 12.9. The molecule has 2 aromatic heterocycles. The minimum Gasteiger partial charge on any atom is -0.481 e. The maximum Gasteiger partial charge on any atom is 0.312 e. The molecule has 0 spiro atoms. The second-order valence-electron chi connectivity index (χ2n) is 3.75. The van der Waals surface area contributed by atoms with Crippen molar-refractivity contribution in [1.29, 1.82) is 0 Å². The van der Waals surface area contributed by atoms with Gasteiger partial charge in [-0.3, -0.25) is 4.79 Å². The number of hydrogen-bond donors (Lipinski definition) is 1. The van der Waals surface area contributed by atoms with Gasteiger partial charge in [0.1, 0.15) is 11.5 Å². The topological polar surface area (TPSA) is 55.1 Å². The number of carboxylic acid groups (broad SMARTS) is 1. The molecule has 0 aromatic carbocycles. The zero-order valence-electron chi connectivity index (χ0n) is 8.94. The normalized spacial score (nSPS) is 12.9.